The Morgan fingerprint density at radius 3 is 1.86 bits per heavy atom. The van der Waals surface area contributed by atoms with Gasteiger partial charge in [0, 0.05) is 36.4 Å². The summed E-state index contributed by atoms with van der Waals surface area (Å²) >= 11 is 3.67. The van der Waals surface area contributed by atoms with E-state index in [1.807, 2.05) is 0 Å². The molecule has 2 atom stereocenters. The van der Waals surface area contributed by atoms with Gasteiger partial charge >= 0.3 is 0 Å². The minimum atomic E-state index is 0.411. The van der Waals surface area contributed by atoms with Gasteiger partial charge in [0.25, 0.3) is 0 Å². The van der Waals surface area contributed by atoms with Crippen molar-refractivity contribution in [1.29, 1.82) is 0 Å². The quantitative estimate of drug-likeness (QED) is 0.731. The highest BCUT2D eigenvalue weighted by Gasteiger charge is 2.51. The number of rotatable bonds is 2. The molecule has 0 aromatic rings. The summed E-state index contributed by atoms with van der Waals surface area (Å²) in [5, 5.41) is 0. The van der Waals surface area contributed by atoms with Gasteiger partial charge in [-0.25, -0.2) is 0 Å². The maximum Gasteiger partial charge on any atom is 0.0531 e. The lowest BCUT2D eigenvalue weighted by Gasteiger charge is -2.39. The highest BCUT2D eigenvalue weighted by Crippen LogP contribution is 2.55. The fourth-order valence-electron chi connectivity index (χ4n) is 3.81. The van der Waals surface area contributed by atoms with Crippen LogP contribution in [0.15, 0.2) is 0 Å². The van der Waals surface area contributed by atoms with Crippen LogP contribution in [0.1, 0.15) is 13.8 Å². The molecule has 4 aliphatic rings. The molecule has 1 nitrogen and oxygen atoms in total. The maximum absolute atomic E-state index is 3.67. The number of nitrogens with zero attached hydrogens (tertiary/aromatic N) is 1. The number of halogens is 1. The number of likely N-dealkylation sites (tertiary alicyclic amines) is 1. The fraction of sp³-hybridized carbons (Fsp3) is 0.250. The van der Waals surface area contributed by atoms with Crippen molar-refractivity contribution in [2.45, 2.75) is 25.9 Å². The van der Waals surface area contributed by atoms with E-state index in [2.05, 4.69) is 92.5 Å². The second kappa shape index (κ2) is 6.39. The lowest BCUT2D eigenvalue weighted by Crippen LogP contribution is -2.46. The van der Waals surface area contributed by atoms with Crippen molar-refractivity contribution in [3.8, 4) is 0 Å². The summed E-state index contributed by atoms with van der Waals surface area (Å²) in [5.74, 6) is 7.06. The second-order valence-electron chi connectivity index (χ2n) is 6.21. The zero-order valence-electron chi connectivity index (χ0n) is 12.9. The first-order valence-corrected chi connectivity index (χ1v) is 8.63. The van der Waals surface area contributed by atoms with Gasteiger partial charge in [0.15, 0.2) is 0 Å². The summed E-state index contributed by atoms with van der Waals surface area (Å²) in [6.45, 7) is 5.63. The van der Waals surface area contributed by atoms with Crippen molar-refractivity contribution >= 4 is 15.9 Å². The smallest absolute Gasteiger partial charge is 0.0531 e. The van der Waals surface area contributed by atoms with Gasteiger partial charge in [-0.15, -0.1) is 0 Å². The summed E-state index contributed by atoms with van der Waals surface area (Å²) in [5.41, 5.74) is 0. The zero-order valence-corrected chi connectivity index (χ0v) is 14.5. The molecule has 3 aliphatic carbocycles. The molecule has 22 heavy (non-hydrogen) atoms. The Kier molecular flexibility index (Phi) is 4.63. The molecule has 1 saturated heterocycles. The Bertz CT molecular complexity index is 371. The van der Waals surface area contributed by atoms with Gasteiger partial charge < -0.3 is 0 Å². The van der Waals surface area contributed by atoms with Crippen LogP contribution >= 0.6 is 15.9 Å². The van der Waals surface area contributed by atoms with E-state index in [0.29, 0.717) is 12.1 Å². The number of hydrogen-bond donors (Lipinski definition) is 0. The van der Waals surface area contributed by atoms with E-state index in [0.717, 1.165) is 6.54 Å². The molecule has 0 spiro atoms. The van der Waals surface area contributed by atoms with Crippen LogP contribution in [-0.4, -0.2) is 23.5 Å². The van der Waals surface area contributed by atoms with Gasteiger partial charge in [-0.05, 0) is 83.5 Å². The average molecular weight is 353 g/mol. The molecule has 0 N–H and O–H groups in total. The third-order valence-corrected chi connectivity index (χ3v) is 5.86. The van der Waals surface area contributed by atoms with Crippen LogP contribution in [0.5, 0.6) is 0 Å². The summed E-state index contributed by atoms with van der Waals surface area (Å²) in [6.07, 6.45) is 19.9. The maximum atomic E-state index is 3.67. The van der Waals surface area contributed by atoms with Crippen LogP contribution in [0.4, 0.5) is 0 Å². The molecule has 1 aliphatic heterocycles. The molecule has 0 aromatic carbocycles. The molecule has 3 saturated carbocycles. The summed E-state index contributed by atoms with van der Waals surface area (Å²) in [6, 6.07) is 0.823. The Balaban J connectivity index is 1.58. The summed E-state index contributed by atoms with van der Waals surface area (Å²) in [7, 11) is 0. The molecule has 0 bridgehead atoms. The highest BCUT2D eigenvalue weighted by atomic mass is 79.9. The molecule has 0 amide bonds. The van der Waals surface area contributed by atoms with Crippen LogP contribution in [0, 0.1) is 92.2 Å². The lowest BCUT2D eigenvalue weighted by atomic mass is 9.76. The summed E-state index contributed by atoms with van der Waals surface area (Å²) in [4.78, 5) is 3.81. The molecule has 111 valence electrons. The standard InChI is InChI=1S/C20H19BrN/c1-13-16-7-4-9-18(16)19-10-5-8-17(19)14(2)22(13)12-15-6-3-11-20(15)21/h3-11,13-14H,12H2,1-2H3/t13-,14-/m0/s1. The largest absolute Gasteiger partial charge is 0.296 e. The molecule has 0 aromatic heterocycles. The Hall–Kier alpha value is 0.440. The molecule has 1 heterocycles. The predicted octanol–water partition coefficient (Wildman–Crippen LogP) is 3.76. The van der Waals surface area contributed by atoms with Gasteiger partial charge in [-0.3, -0.25) is 4.90 Å². The molecule has 4 rings (SSSR count). The minimum Gasteiger partial charge on any atom is -0.296 e. The SMILES string of the molecule is C[C@H]1[C]2[CH][CH][CH][C]2[C]2[CH][CH][CH][C]2[C@H](C)N1C[C]1[CH][CH][CH][C]1Br. The number of hydrogen-bond acceptors (Lipinski definition) is 1. The van der Waals surface area contributed by atoms with Crippen molar-refractivity contribution in [3.05, 3.63) is 92.2 Å². The van der Waals surface area contributed by atoms with Crippen LogP contribution < -0.4 is 0 Å². The monoisotopic (exact) mass is 352 g/mol. The van der Waals surface area contributed by atoms with E-state index in [1.54, 1.807) is 0 Å². The molecule has 4 fully saturated rings. The first kappa shape index (κ1) is 15.9. The molecule has 0 unspecified atom stereocenters. The van der Waals surface area contributed by atoms with E-state index in [1.165, 1.54) is 34.4 Å². The zero-order chi connectivity index (χ0) is 15.3. The van der Waals surface area contributed by atoms with Crippen molar-refractivity contribution in [1.82, 2.24) is 4.90 Å². The van der Waals surface area contributed by atoms with Crippen LogP contribution in [-0.2, 0) is 0 Å². The lowest BCUT2D eigenvalue weighted by molar-refractivity contribution is 0.192. The molecular formula is C20H19BrN. The Labute approximate surface area is 145 Å². The highest BCUT2D eigenvalue weighted by molar-refractivity contribution is 9.11. The topological polar surface area (TPSA) is 3.24 Å². The van der Waals surface area contributed by atoms with E-state index < -0.39 is 0 Å². The predicted molar refractivity (Wildman–Crippen MR) is 92.7 cm³/mol. The van der Waals surface area contributed by atoms with Gasteiger partial charge in [-0.1, -0.05) is 15.9 Å². The van der Waals surface area contributed by atoms with Gasteiger partial charge in [0.05, 0.1) is 4.83 Å². The van der Waals surface area contributed by atoms with Crippen molar-refractivity contribution in [2.24, 2.45) is 0 Å². The first-order chi connectivity index (χ1) is 10.7. The van der Waals surface area contributed by atoms with Gasteiger partial charge in [0.2, 0.25) is 0 Å². The van der Waals surface area contributed by atoms with Crippen LogP contribution in [0.25, 0.3) is 0 Å². The van der Waals surface area contributed by atoms with Gasteiger partial charge in [-0.2, -0.15) is 0 Å². The average Bonchev–Trinajstić information content (AvgIpc) is 3.22. The first-order valence-electron chi connectivity index (χ1n) is 7.84. The van der Waals surface area contributed by atoms with Crippen molar-refractivity contribution in [2.75, 3.05) is 6.54 Å². The fourth-order valence-corrected chi connectivity index (χ4v) is 4.22. The van der Waals surface area contributed by atoms with E-state index in [-0.39, 0.29) is 0 Å². The Morgan fingerprint density at radius 2 is 1.36 bits per heavy atom. The number of fused-ring (bicyclic) bond motifs is 3. The van der Waals surface area contributed by atoms with Crippen molar-refractivity contribution < 1.29 is 0 Å². The van der Waals surface area contributed by atoms with E-state index >= 15 is 0 Å². The Morgan fingerprint density at radius 1 is 0.818 bits per heavy atom. The van der Waals surface area contributed by atoms with Crippen LogP contribution in [0.2, 0.25) is 0 Å². The molecule has 2 heteroatoms. The third-order valence-electron chi connectivity index (χ3n) is 5.08. The summed E-state index contributed by atoms with van der Waals surface area (Å²) < 4.78 is 0. The second-order valence-corrected chi connectivity index (χ2v) is 7.07. The molecular weight excluding hydrogens is 334 g/mol. The van der Waals surface area contributed by atoms with E-state index in [4.69, 9.17) is 0 Å². The van der Waals surface area contributed by atoms with Gasteiger partial charge in [0.1, 0.15) is 0 Å². The normalized spacial score (nSPS) is 37.8. The van der Waals surface area contributed by atoms with Crippen LogP contribution in [0.3, 0.4) is 0 Å². The molecule has 15 radical (unpaired) electrons. The third kappa shape index (κ3) is 2.61. The minimum absolute atomic E-state index is 0.411. The van der Waals surface area contributed by atoms with E-state index in [9.17, 15) is 0 Å². The van der Waals surface area contributed by atoms with Crippen molar-refractivity contribution in [3.63, 3.8) is 0 Å².